The average molecular weight is 542 g/mol. The summed E-state index contributed by atoms with van der Waals surface area (Å²) in [5.74, 6) is -1.28. The number of ether oxygens (including phenoxy) is 3. The zero-order valence-electron chi connectivity index (χ0n) is 21.1. The zero-order valence-corrected chi connectivity index (χ0v) is 22.0. The number of rotatable bonds is 12. The van der Waals surface area contributed by atoms with Gasteiger partial charge in [0.1, 0.15) is 17.2 Å². The van der Waals surface area contributed by atoms with Crippen LogP contribution in [0.15, 0.2) is 72.8 Å². The minimum atomic E-state index is -4.39. The maximum atomic E-state index is 13.7. The number of benzene rings is 3. The van der Waals surface area contributed by atoms with E-state index in [-0.39, 0.29) is 53.8 Å². The van der Waals surface area contributed by atoms with Crippen LogP contribution in [-0.4, -0.2) is 37.7 Å². The molecular weight excluding hydrogens is 515 g/mol. The minimum Gasteiger partial charge on any atom is -0.462 e. The monoisotopic (exact) mass is 542 g/mol. The van der Waals surface area contributed by atoms with Crippen LogP contribution in [0.1, 0.15) is 51.8 Å². The van der Waals surface area contributed by atoms with Gasteiger partial charge in [0.15, 0.2) is 0 Å². The number of hydrogen-bond acceptors (Lipinski definition) is 10. The number of carbonyl (C=O) groups excluding carboxylic acids is 3. The first-order valence-corrected chi connectivity index (χ1v) is 13.2. The van der Waals surface area contributed by atoms with E-state index in [9.17, 15) is 18.9 Å². The third-order valence-electron chi connectivity index (χ3n) is 4.75. The van der Waals surface area contributed by atoms with Gasteiger partial charge >= 0.3 is 25.7 Å². The van der Waals surface area contributed by atoms with Crippen LogP contribution in [0, 0.1) is 0 Å². The molecule has 38 heavy (non-hydrogen) atoms. The van der Waals surface area contributed by atoms with Gasteiger partial charge in [-0.25, -0.2) is 14.4 Å². The molecule has 3 aromatic rings. The fourth-order valence-corrected chi connectivity index (χ4v) is 4.29. The predicted octanol–water partition coefficient (Wildman–Crippen LogP) is 5.86. The number of phosphoric acid groups is 1. The SMILES string of the molecule is CCOC(=O)c1ccc(OP(=O)(Oc2ccc(C(=O)OCC)cc2)Oc2ccc(C(=O)OCC)cc2)cc1. The van der Waals surface area contributed by atoms with E-state index in [0.29, 0.717) is 0 Å². The molecule has 0 heterocycles. The van der Waals surface area contributed by atoms with E-state index in [4.69, 9.17) is 27.8 Å². The van der Waals surface area contributed by atoms with Crippen LogP contribution in [0.5, 0.6) is 17.2 Å². The molecule has 3 rings (SSSR count). The molecule has 0 unspecified atom stereocenters. The molecule has 0 saturated carbocycles. The minimum absolute atomic E-state index is 0.0904. The molecule has 0 aliphatic rings. The Morgan fingerprint density at radius 2 is 0.737 bits per heavy atom. The molecule has 200 valence electrons. The van der Waals surface area contributed by atoms with Gasteiger partial charge in [-0.1, -0.05) is 0 Å². The first kappa shape index (κ1) is 28.3. The molecule has 0 radical (unpaired) electrons. The van der Waals surface area contributed by atoms with Crippen molar-refractivity contribution in [3.05, 3.63) is 89.5 Å². The van der Waals surface area contributed by atoms with E-state index in [1.807, 2.05) is 0 Å². The van der Waals surface area contributed by atoms with Gasteiger partial charge in [-0.3, -0.25) is 0 Å². The van der Waals surface area contributed by atoms with Crippen LogP contribution < -0.4 is 13.6 Å². The van der Waals surface area contributed by atoms with Gasteiger partial charge in [-0.05, 0) is 93.6 Å². The van der Waals surface area contributed by atoms with Crippen LogP contribution in [0.2, 0.25) is 0 Å². The number of phosphoric ester groups is 1. The van der Waals surface area contributed by atoms with Crippen LogP contribution in [0.25, 0.3) is 0 Å². The summed E-state index contributed by atoms with van der Waals surface area (Å²) in [6.45, 7) is 5.74. The molecule has 0 bridgehead atoms. The molecule has 0 aromatic heterocycles. The normalized spacial score (nSPS) is 10.7. The molecule has 0 amide bonds. The fraction of sp³-hybridized carbons (Fsp3) is 0.222. The lowest BCUT2D eigenvalue weighted by Gasteiger charge is -2.19. The van der Waals surface area contributed by atoms with Crippen LogP contribution in [0.3, 0.4) is 0 Å². The van der Waals surface area contributed by atoms with E-state index in [2.05, 4.69) is 0 Å². The van der Waals surface area contributed by atoms with E-state index in [0.717, 1.165) is 0 Å². The summed E-state index contributed by atoms with van der Waals surface area (Å²) in [5.41, 5.74) is 0.833. The first-order chi connectivity index (χ1) is 18.3. The topological polar surface area (TPSA) is 124 Å². The quantitative estimate of drug-likeness (QED) is 0.156. The van der Waals surface area contributed by atoms with E-state index < -0.39 is 25.7 Å². The van der Waals surface area contributed by atoms with Gasteiger partial charge in [0.2, 0.25) is 0 Å². The Morgan fingerprint density at radius 3 is 0.947 bits per heavy atom. The third-order valence-corrected chi connectivity index (χ3v) is 6.05. The fourth-order valence-electron chi connectivity index (χ4n) is 3.04. The Bertz CT molecular complexity index is 1120. The lowest BCUT2D eigenvalue weighted by Crippen LogP contribution is -2.09. The number of hydrogen-bond donors (Lipinski definition) is 0. The van der Waals surface area contributed by atoms with Gasteiger partial charge in [0, 0.05) is 0 Å². The smallest absolute Gasteiger partial charge is 0.462 e. The predicted molar refractivity (Wildman–Crippen MR) is 137 cm³/mol. The maximum absolute atomic E-state index is 13.7. The number of esters is 3. The molecule has 0 fully saturated rings. The second-order valence-electron chi connectivity index (χ2n) is 7.46. The third kappa shape index (κ3) is 7.85. The Morgan fingerprint density at radius 1 is 0.500 bits per heavy atom. The van der Waals surface area contributed by atoms with Crippen LogP contribution in [0.4, 0.5) is 0 Å². The average Bonchev–Trinajstić information content (AvgIpc) is 2.90. The van der Waals surface area contributed by atoms with E-state index >= 15 is 0 Å². The summed E-state index contributed by atoms with van der Waals surface area (Å²) in [6.07, 6.45) is 0. The van der Waals surface area contributed by atoms with Crippen molar-refractivity contribution in [2.45, 2.75) is 20.8 Å². The van der Waals surface area contributed by atoms with Crippen molar-refractivity contribution in [3.63, 3.8) is 0 Å². The standard InChI is InChI=1S/C27H27O10P/c1-4-32-25(28)19-7-13-22(14-8-19)35-38(31,36-23-15-9-20(10-16-23)26(29)33-5-2)37-24-17-11-21(12-18-24)27(30)34-6-3/h7-18H,4-6H2,1-3H3. The molecule has 3 aromatic carbocycles. The van der Waals surface area contributed by atoms with Gasteiger partial charge in [0.05, 0.1) is 36.5 Å². The number of carbonyl (C=O) groups is 3. The summed E-state index contributed by atoms with van der Waals surface area (Å²) >= 11 is 0. The molecule has 0 aliphatic heterocycles. The Hall–Kier alpha value is -4.30. The van der Waals surface area contributed by atoms with Crippen molar-refractivity contribution < 1.29 is 46.7 Å². The molecule has 10 nitrogen and oxygen atoms in total. The van der Waals surface area contributed by atoms with Gasteiger partial charge in [-0.15, -0.1) is 0 Å². The lowest BCUT2D eigenvalue weighted by atomic mass is 10.2. The largest absolute Gasteiger partial charge is 0.647 e. The Kier molecular flexibility index (Phi) is 9.90. The first-order valence-electron chi connectivity index (χ1n) is 11.8. The lowest BCUT2D eigenvalue weighted by molar-refractivity contribution is 0.0516. The summed E-state index contributed by atoms with van der Waals surface area (Å²) in [7, 11) is -4.39. The highest BCUT2D eigenvalue weighted by Gasteiger charge is 2.33. The van der Waals surface area contributed by atoms with Crippen molar-refractivity contribution in [2.24, 2.45) is 0 Å². The zero-order chi connectivity index (χ0) is 27.5. The van der Waals surface area contributed by atoms with Crippen molar-refractivity contribution in [1.82, 2.24) is 0 Å². The van der Waals surface area contributed by atoms with E-state index in [1.165, 1.54) is 72.8 Å². The second-order valence-corrected chi connectivity index (χ2v) is 8.90. The molecule has 0 aliphatic carbocycles. The molecular formula is C27H27O10P. The van der Waals surface area contributed by atoms with Gasteiger partial charge in [-0.2, -0.15) is 4.57 Å². The highest BCUT2D eigenvalue weighted by atomic mass is 31.2. The van der Waals surface area contributed by atoms with Crippen LogP contribution in [-0.2, 0) is 18.8 Å². The summed E-state index contributed by atoms with van der Waals surface area (Å²) in [4.78, 5) is 35.8. The second kappa shape index (κ2) is 13.3. The molecule has 0 N–H and O–H groups in total. The van der Waals surface area contributed by atoms with Crippen molar-refractivity contribution >= 4 is 25.7 Å². The van der Waals surface area contributed by atoms with Crippen molar-refractivity contribution in [2.75, 3.05) is 19.8 Å². The highest BCUT2D eigenvalue weighted by Crippen LogP contribution is 2.49. The molecule has 0 saturated heterocycles. The molecule has 0 spiro atoms. The summed E-state index contributed by atoms with van der Waals surface area (Å²) in [6, 6.07) is 17.2. The van der Waals surface area contributed by atoms with Crippen molar-refractivity contribution in [1.29, 1.82) is 0 Å². The van der Waals surface area contributed by atoms with Crippen molar-refractivity contribution in [3.8, 4) is 17.2 Å². The highest BCUT2D eigenvalue weighted by molar-refractivity contribution is 7.49. The van der Waals surface area contributed by atoms with Gasteiger partial charge in [0.25, 0.3) is 0 Å². The molecule has 0 atom stereocenters. The Balaban J connectivity index is 1.85. The molecule has 11 heteroatoms. The summed E-state index contributed by atoms with van der Waals surface area (Å²) in [5, 5.41) is 0. The maximum Gasteiger partial charge on any atom is 0.647 e. The van der Waals surface area contributed by atoms with Crippen LogP contribution >= 0.6 is 7.82 Å². The Labute approximate surface area is 220 Å². The van der Waals surface area contributed by atoms with Gasteiger partial charge < -0.3 is 27.8 Å². The summed E-state index contributed by atoms with van der Waals surface area (Å²) < 4.78 is 45.5. The van der Waals surface area contributed by atoms with E-state index in [1.54, 1.807) is 20.8 Å².